The summed E-state index contributed by atoms with van der Waals surface area (Å²) in [6.45, 7) is 4.66. The second-order valence-corrected chi connectivity index (χ2v) is 8.98. The number of nitrogens with one attached hydrogen (secondary N) is 3. The highest BCUT2D eigenvalue weighted by molar-refractivity contribution is 6.06. The van der Waals surface area contributed by atoms with Gasteiger partial charge in [-0.25, -0.2) is 9.49 Å². The molecule has 3 N–H and O–H groups in total. The predicted octanol–water partition coefficient (Wildman–Crippen LogP) is 4.26. The summed E-state index contributed by atoms with van der Waals surface area (Å²) in [7, 11) is 0. The van der Waals surface area contributed by atoms with Crippen molar-refractivity contribution in [3.63, 3.8) is 0 Å². The van der Waals surface area contributed by atoms with Gasteiger partial charge in [0.25, 0.3) is 11.5 Å². The van der Waals surface area contributed by atoms with Gasteiger partial charge in [-0.2, -0.15) is 18.3 Å². The number of rotatable bonds is 5. The molecule has 38 heavy (non-hydrogen) atoms. The van der Waals surface area contributed by atoms with Crippen LogP contribution >= 0.6 is 0 Å². The zero-order valence-corrected chi connectivity index (χ0v) is 20.3. The molecule has 1 saturated heterocycles. The number of benzene rings is 2. The monoisotopic (exact) mass is 528 g/mol. The number of hydrogen-bond acceptors (Lipinski definition) is 5. The number of H-pyrrole nitrogens is 1. The molecule has 3 aromatic rings. The molecule has 1 amide bonds. The van der Waals surface area contributed by atoms with Gasteiger partial charge < -0.3 is 9.80 Å². The molecule has 8 nitrogen and oxygen atoms in total. The van der Waals surface area contributed by atoms with Crippen molar-refractivity contribution in [3.8, 4) is 0 Å². The Morgan fingerprint density at radius 2 is 1.92 bits per heavy atom. The topological polar surface area (TPSA) is 117 Å². The fourth-order valence-corrected chi connectivity index (χ4v) is 4.64. The van der Waals surface area contributed by atoms with Gasteiger partial charge in [0, 0.05) is 18.4 Å². The molecule has 2 unspecified atom stereocenters. The van der Waals surface area contributed by atoms with Crippen molar-refractivity contribution in [1.82, 2.24) is 20.0 Å². The molecular weight excluding hydrogens is 504 g/mol. The fourth-order valence-electron chi connectivity index (χ4n) is 4.64. The number of fused-ring (bicyclic) bond motifs is 1. The van der Waals surface area contributed by atoms with Crippen LogP contribution in [-0.2, 0) is 6.42 Å². The lowest BCUT2D eigenvalue weighted by atomic mass is 9.98. The molecule has 1 aliphatic rings. The highest BCUT2D eigenvalue weighted by Crippen LogP contribution is 2.28. The summed E-state index contributed by atoms with van der Waals surface area (Å²) >= 11 is 0. The normalized spacial score (nSPS) is 18.1. The fraction of sp³-hybridized carbons (Fsp3) is 0.269. The van der Waals surface area contributed by atoms with Crippen LogP contribution < -0.4 is 5.56 Å². The molecule has 0 bridgehead atoms. The highest BCUT2D eigenvalue weighted by atomic mass is 19.4. The minimum Gasteiger partial charge on any atom is -0.326 e. The number of amidine groups is 2. The van der Waals surface area contributed by atoms with Crippen LogP contribution in [-0.4, -0.2) is 62.4 Å². The summed E-state index contributed by atoms with van der Waals surface area (Å²) < 4.78 is 54.7. The first-order valence-electron chi connectivity index (χ1n) is 11.6. The second-order valence-electron chi connectivity index (χ2n) is 8.98. The second kappa shape index (κ2) is 10.2. The van der Waals surface area contributed by atoms with Crippen LogP contribution in [0.4, 0.5) is 17.6 Å². The van der Waals surface area contributed by atoms with E-state index in [1.165, 1.54) is 25.1 Å². The quantitative estimate of drug-likeness (QED) is 0.199. The Morgan fingerprint density at radius 1 is 1.24 bits per heavy atom. The Labute approximate surface area is 214 Å². The molecule has 1 fully saturated rings. The Kier molecular flexibility index (Phi) is 7.16. The van der Waals surface area contributed by atoms with E-state index in [1.54, 1.807) is 24.3 Å². The van der Waals surface area contributed by atoms with Gasteiger partial charge >= 0.3 is 6.18 Å². The van der Waals surface area contributed by atoms with E-state index in [2.05, 4.69) is 16.8 Å². The average Bonchev–Trinajstić information content (AvgIpc) is 2.87. The maximum atomic E-state index is 14.9. The van der Waals surface area contributed by atoms with Crippen LogP contribution in [0.2, 0.25) is 0 Å². The van der Waals surface area contributed by atoms with Crippen molar-refractivity contribution in [2.75, 3.05) is 6.54 Å². The van der Waals surface area contributed by atoms with Gasteiger partial charge in [0.05, 0.1) is 28.7 Å². The van der Waals surface area contributed by atoms with Crippen molar-refractivity contribution in [1.29, 1.82) is 10.8 Å². The van der Waals surface area contributed by atoms with Crippen molar-refractivity contribution >= 4 is 28.4 Å². The first-order valence-corrected chi connectivity index (χ1v) is 11.6. The maximum absolute atomic E-state index is 14.9. The lowest BCUT2D eigenvalue weighted by Gasteiger charge is -2.46. The molecule has 1 aromatic heterocycles. The van der Waals surface area contributed by atoms with Crippen LogP contribution in [0.3, 0.4) is 0 Å². The molecule has 0 aliphatic carbocycles. The Morgan fingerprint density at radius 3 is 2.58 bits per heavy atom. The van der Waals surface area contributed by atoms with Crippen LogP contribution in [0.25, 0.3) is 10.8 Å². The van der Waals surface area contributed by atoms with E-state index in [1.807, 2.05) is 0 Å². The largest absolute Gasteiger partial charge is 0.449 e. The summed E-state index contributed by atoms with van der Waals surface area (Å²) in [6.07, 6.45) is -3.53. The number of alkyl halides is 3. The van der Waals surface area contributed by atoms with Crippen LogP contribution in [0.1, 0.15) is 35.0 Å². The Bertz CT molecular complexity index is 1500. The third-order valence-electron chi connectivity index (χ3n) is 6.42. The van der Waals surface area contributed by atoms with Gasteiger partial charge in [0.2, 0.25) is 5.84 Å². The molecule has 1 aliphatic heterocycles. The van der Waals surface area contributed by atoms with Crippen molar-refractivity contribution in [2.24, 2.45) is 0 Å². The van der Waals surface area contributed by atoms with Gasteiger partial charge in [-0.05, 0) is 37.1 Å². The van der Waals surface area contributed by atoms with Crippen molar-refractivity contribution < 1.29 is 22.4 Å². The number of carbonyl (C=O) groups excluding carboxylic acids is 1. The standard InChI is InChI=1S/C26H24F4N6O2/c1-3-6-21-22(31)36(25(32)26(28,29)30)14(2)13-35(21)24(38)18-11-15(9-10-19(18)27)12-20-16-7-4-5-8-17(16)23(37)34-33-20/h3-5,7-11,14,21,31-32H,1,6,12-13H2,2H3,(H,34,37). The number of hydrogen-bond donors (Lipinski definition) is 3. The van der Waals surface area contributed by atoms with Crippen LogP contribution in [0.5, 0.6) is 0 Å². The number of aromatic nitrogens is 2. The van der Waals surface area contributed by atoms with E-state index < -0.39 is 41.7 Å². The summed E-state index contributed by atoms with van der Waals surface area (Å²) in [6, 6.07) is 8.54. The summed E-state index contributed by atoms with van der Waals surface area (Å²) in [5.41, 5.74) is 0.344. The third-order valence-corrected chi connectivity index (χ3v) is 6.42. The molecule has 4 rings (SSSR count). The van der Waals surface area contributed by atoms with Gasteiger partial charge in [0.1, 0.15) is 11.7 Å². The molecule has 2 heterocycles. The number of carbonyl (C=O) groups is 1. The number of aromatic amines is 1. The van der Waals surface area contributed by atoms with Gasteiger partial charge in [-0.15, -0.1) is 6.58 Å². The van der Waals surface area contributed by atoms with Crippen molar-refractivity contribution in [3.05, 3.63) is 88.1 Å². The summed E-state index contributed by atoms with van der Waals surface area (Å²) in [5, 5.41) is 23.5. The average molecular weight is 529 g/mol. The molecule has 2 aromatic carbocycles. The van der Waals surface area contributed by atoms with E-state index in [-0.39, 0.29) is 30.5 Å². The van der Waals surface area contributed by atoms with Gasteiger partial charge in [-0.3, -0.25) is 20.4 Å². The molecule has 0 radical (unpaired) electrons. The van der Waals surface area contributed by atoms with Gasteiger partial charge in [-0.1, -0.05) is 30.3 Å². The molecular formula is C26H24F4N6O2. The predicted molar refractivity (Wildman–Crippen MR) is 134 cm³/mol. The lowest BCUT2D eigenvalue weighted by molar-refractivity contribution is -0.0693. The zero-order chi connectivity index (χ0) is 27.8. The molecule has 198 valence electrons. The number of amides is 1. The Hall–Kier alpha value is -4.35. The van der Waals surface area contributed by atoms with E-state index >= 15 is 0 Å². The number of nitrogens with zero attached hydrogens (tertiary/aromatic N) is 3. The minimum absolute atomic E-state index is 0.0620. The summed E-state index contributed by atoms with van der Waals surface area (Å²) in [4.78, 5) is 27.3. The third kappa shape index (κ3) is 4.93. The molecule has 12 heteroatoms. The van der Waals surface area contributed by atoms with Gasteiger partial charge in [0.15, 0.2) is 0 Å². The van der Waals surface area contributed by atoms with E-state index in [0.29, 0.717) is 26.9 Å². The maximum Gasteiger partial charge on any atom is 0.449 e. The first kappa shape index (κ1) is 26.7. The van der Waals surface area contributed by atoms with Crippen LogP contribution in [0, 0.1) is 16.6 Å². The number of halogens is 4. The zero-order valence-electron chi connectivity index (χ0n) is 20.3. The summed E-state index contributed by atoms with van der Waals surface area (Å²) in [5.74, 6) is -3.94. The molecule has 0 spiro atoms. The molecule has 2 atom stereocenters. The van der Waals surface area contributed by atoms with E-state index in [4.69, 9.17) is 10.8 Å². The SMILES string of the molecule is C=CCC1C(=N)N(C(=N)C(F)(F)F)C(C)CN1C(=O)c1cc(Cc2n[nH]c(=O)c3ccccc23)ccc1F. The lowest BCUT2D eigenvalue weighted by Crippen LogP contribution is -2.65. The van der Waals surface area contributed by atoms with Crippen LogP contribution in [0.15, 0.2) is 59.9 Å². The Balaban J connectivity index is 1.67. The van der Waals surface area contributed by atoms with E-state index in [0.717, 1.165) is 11.0 Å². The minimum atomic E-state index is -4.98. The first-order chi connectivity index (χ1) is 17.9. The van der Waals surface area contributed by atoms with E-state index in [9.17, 15) is 27.2 Å². The highest BCUT2D eigenvalue weighted by Gasteiger charge is 2.47. The molecule has 0 saturated carbocycles. The number of piperazine rings is 1. The smallest absolute Gasteiger partial charge is 0.326 e. The van der Waals surface area contributed by atoms with Crippen molar-refractivity contribution in [2.45, 2.75) is 38.0 Å².